The summed E-state index contributed by atoms with van der Waals surface area (Å²) in [6.45, 7) is 3.15. The Morgan fingerprint density at radius 3 is 2.27 bits per heavy atom. The molecule has 5 nitrogen and oxygen atoms in total. The summed E-state index contributed by atoms with van der Waals surface area (Å²) >= 11 is 0. The summed E-state index contributed by atoms with van der Waals surface area (Å²) in [5, 5.41) is 0. The van der Waals surface area contributed by atoms with Crippen molar-refractivity contribution in [3.63, 3.8) is 0 Å². The summed E-state index contributed by atoms with van der Waals surface area (Å²) in [5.74, 6) is 2.83. The van der Waals surface area contributed by atoms with E-state index in [4.69, 9.17) is 9.97 Å². The molecule has 5 heteroatoms. The summed E-state index contributed by atoms with van der Waals surface area (Å²) in [6, 6.07) is 16.5. The molecule has 0 radical (unpaired) electrons. The van der Waals surface area contributed by atoms with Crippen LogP contribution in [-0.2, 0) is 13.0 Å². The molecule has 1 aliphatic rings. The third-order valence-electron chi connectivity index (χ3n) is 5.34. The lowest BCUT2D eigenvalue weighted by Crippen LogP contribution is -2.36. The number of rotatable bonds is 4. The molecule has 1 atom stereocenters. The van der Waals surface area contributed by atoms with E-state index in [0.29, 0.717) is 5.92 Å². The van der Waals surface area contributed by atoms with Gasteiger partial charge in [0.05, 0.1) is 28.6 Å². The lowest BCUT2D eigenvalue weighted by atomic mass is 9.94. The van der Waals surface area contributed by atoms with Crippen LogP contribution in [0.4, 0.5) is 0 Å². The molecule has 0 bridgehead atoms. The van der Waals surface area contributed by atoms with E-state index >= 15 is 0 Å². The second kappa shape index (κ2) is 6.57. The van der Waals surface area contributed by atoms with Gasteiger partial charge in [-0.2, -0.15) is 0 Å². The van der Waals surface area contributed by atoms with Gasteiger partial charge < -0.3 is 9.97 Å². The van der Waals surface area contributed by atoms with E-state index in [1.54, 1.807) is 0 Å². The lowest BCUT2D eigenvalue weighted by Gasteiger charge is -2.31. The van der Waals surface area contributed by atoms with E-state index < -0.39 is 0 Å². The number of nitrogens with one attached hydrogen (secondary N) is 2. The van der Waals surface area contributed by atoms with Crippen LogP contribution < -0.4 is 0 Å². The Morgan fingerprint density at radius 2 is 1.54 bits per heavy atom. The van der Waals surface area contributed by atoms with E-state index in [0.717, 1.165) is 59.8 Å². The molecule has 1 fully saturated rings. The maximum Gasteiger partial charge on any atom is 0.121 e. The van der Waals surface area contributed by atoms with Crippen LogP contribution in [0.25, 0.3) is 22.1 Å². The van der Waals surface area contributed by atoms with Crippen molar-refractivity contribution in [2.24, 2.45) is 5.92 Å². The average molecular weight is 345 g/mol. The molecule has 2 aromatic carbocycles. The fourth-order valence-electron chi connectivity index (χ4n) is 4.13. The summed E-state index contributed by atoms with van der Waals surface area (Å²) in [4.78, 5) is 18.9. The Bertz CT molecular complexity index is 883. The van der Waals surface area contributed by atoms with Crippen LogP contribution in [0.15, 0.2) is 48.5 Å². The van der Waals surface area contributed by atoms with Crippen molar-refractivity contribution < 1.29 is 0 Å². The molecule has 132 valence electrons. The predicted molar refractivity (Wildman–Crippen MR) is 104 cm³/mol. The molecular formula is C21H23N5. The van der Waals surface area contributed by atoms with Crippen molar-refractivity contribution in [1.29, 1.82) is 0 Å². The normalized spacial score (nSPS) is 18.7. The Kier molecular flexibility index (Phi) is 3.94. The van der Waals surface area contributed by atoms with Crippen molar-refractivity contribution >= 4 is 22.1 Å². The fraction of sp³-hybridized carbons (Fsp3) is 0.333. The van der Waals surface area contributed by atoms with Crippen molar-refractivity contribution in [2.75, 3.05) is 13.1 Å². The average Bonchev–Trinajstić information content (AvgIpc) is 3.24. The number of hydrogen-bond acceptors (Lipinski definition) is 3. The molecule has 26 heavy (non-hydrogen) atoms. The molecule has 1 aliphatic heterocycles. The highest BCUT2D eigenvalue weighted by atomic mass is 15.2. The lowest BCUT2D eigenvalue weighted by molar-refractivity contribution is 0.163. The Hall–Kier alpha value is -2.66. The molecule has 5 rings (SSSR count). The van der Waals surface area contributed by atoms with Gasteiger partial charge in [0.15, 0.2) is 0 Å². The number of aromatic nitrogens is 4. The van der Waals surface area contributed by atoms with Gasteiger partial charge in [0.1, 0.15) is 11.6 Å². The second-order valence-corrected chi connectivity index (χ2v) is 7.35. The molecule has 0 aliphatic carbocycles. The Labute approximate surface area is 152 Å². The van der Waals surface area contributed by atoms with Crippen LogP contribution in [0.1, 0.15) is 24.5 Å². The highest BCUT2D eigenvalue weighted by Crippen LogP contribution is 2.22. The number of nitrogens with zero attached hydrogens (tertiary/aromatic N) is 3. The van der Waals surface area contributed by atoms with Crippen LogP contribution in [0, 0.1) is 5.92 Å². The van der Waals surface area contributed by atoms with E-state index in [-0.39, 0.29) is 0 Å². The minimum atomic E-state index is 0.647. The van der Waals surface area contributed by atoms with Crippen molar-refractivity contribution in [3.8, 4) is 0 Å². The van der Waals surface area contributed by atoms with Gasteiger partial charge in [0.25, 0.3) is 0 Å². The summed E-state index contributed by atoms with van der Waals surface area (Å²) in [5.41, 5.74) is 4.38. The van der Waals surface area contributed by atoms with Crippen LogP contribution in [0.5, 0.6) is 0 Å². The van der Waals surface area contributed by atoms with Crippen molar-refractivity contribution in [3.05, 3.63) is 60.2 Å². The minimum absolute atomic E-state index is 0.647. The third-order valence-corrected chi connectivity index (χ3v) is 5.34. The largest absolute Gasteiger partial charge is 0.342 e. The number of fused-ring (bicyclic) bond motifs is 2. The quantitative estimate of drug-likeness (QED) is 0.590. The van der Waals surface area contributed by atoms with E-state index in [9.17, 15) is 0 Å². The molecule has 2 aromatic heterocycles. The van der Waals surface area contributed by atoms with Crippen molar-refractivity contribution in [1.82, 2.24) is 24.8 Å². The van der Waals surface area contributed by atoms with Gasteiger partial charge in [0.2, 0.25) is 0 Å². The number of benzene rings is 2. The standard InChI is InChI=1S/C21H23N5/c1-2-8-17-16(7-1)22-20(23-17)12-15-6-5-11-26(13-15)14-21-24-18-9-3-4-10-19(18)25-21/h1-4,7-10,15H,5-6,11-14H2,(H,22,23)(H,24,25). The van der Waals surface area contributed by atoms with Crippen molar-refractivity contribution in [2.45, 2.75) is 25.8 Å². The van der Waals surface area contributed by atoms with Gasteiger partial charge in [0, 0.05) is 13.0 Å². The summed E-state index contributed by atoms with van der Waals surface area (Å²) in [6.07, 6.45) is 3.53. The van der Waals surface area contributed by atoms with Gasteiger partial charge in [-0.1, -0.05) is 24.3 Å². The maximum atomic E-state index is 4.75. The first kappa shape index (κ1) is 15.6. The van der Waals surface area contributed by atoms with E-state index in [1.165, 1.54) is 12.8 Å². The second-order valence-electron chi connectivity index (χ2n) is 7.35. The fourth-order valence-corrected chi connectivity index (χ4v) is 4.13. The highest BCUT2D eigenvalue weighted by Gasteiger charge is 2.22. The Balaban J connectivity index is 1.27. The third kappa shape index (κ3) is 3.10. The smallest absolute Gasteiger partial charge is 0.121 e. The van der Waals surface area contributed by atoms with Gasteiger partial charge >= 0.3 is 0 Å². The van der Waals surface area contributed by atoms with Gasteiger partial charge in [-0.3, -0.25) is 4.90 Å². The van der Waals surface area contributed by atoms with Crippen LogP contribution in [-0.4, -0.2) is 37.9 Å². The molecule has 2 N–H and O–H groups in total. The van der Waals surface area contributed by atoms with E-state index in [1.807, 2.05) is 12.1 Å². The zero-order chi connectivity index (χ0) is 17.3. The minimum Gasteiger partial charge on any atom is -0.342 e. The monoisotopic (exact) mass is 345 g/mol. The SMILES string of the molecule is c1ccc2[nH]c(CC3CCCN(Cc4nc5ccccc5[nH]4)C3)nc2c1. The predicted octanol–water partition coefficient (Wildman–Crippen LogP) is 3.89. The molecule has 0 spiro atoms. The number of H-pyrrole nitrogens is 2. The molecule has 1 unspecified atom stereocenters. The number of piperidine rings is 1. The number of imidazole rings is 2. The number of para-hydroxylation sites is 4. The molecular weight excluding hydrogens is 322 g/mol. The van der Waals surface area contributed by atoms with E-state index in [2.05, 4.69) is 51.3 Å². The number of aromatic amines is 2. The van der Waals surface area contributed by atoms with Gasteiger partial charge in [-0.15, -0.1) is 0 Å². The molecule has 0 saturated carbocycles. The first-order valence-corrected chi connectivity index (χ1v) is 9.43. The molecule has 1 saturated heterocycles. The first-order valence-electron chi connectivity index (χ1n) is 9.43. The molecule has 0 amide bonds. The molecule has 3 heterocycles. The number of likely N-dealkylation sites (tertiary alicyclic amines) is 1. The van der Waals surface area contributed by atoms with Crippen LogP contribution >= 0.6 is 0 Å². The number of hydrogen-bond donors (Lipinski definition) is 2. The zero-order valence-corrected chi connectivity index (χ0v) is 14.8. The summed E-state index contributed by atoms with van der Waals surface area (Å²) in [7, 11) is 0. The highest BCUT2D eigenvalue weighted by molar-refractivity contribution is 5.75. The Morgan fingerprint density at radius 1 is 0.885 bits per heavy atom. The first-order chi connectivity index (χ1) is 12.8. The van der Waals surface area contributed by atoms with Crippen LogP contribution in [0.2, 0.25) is 0 Å². The molecule has 4 aromatic rings. The summed E-state index contributed by atoms with van der Waals surface area (Å²) < 4.78 is 0. The van der Waals surface area contributed by atoms with Gasteiger partial charge in [-0.05, 0) is 49.6 Å². The topological polar surface area (TPSA) is 60.6 Å². The maximum absolute atomic E-state index is 4.75. The zero-order valence-electron chi connectivity index (χ0n) is 14.8. The van der Waals surface area contributed by atoms with Crippen LogP contribution in [0.3, 0.4) is 0 Å². The van der Waals surface area contributed by atoms with Gasteiger partial charge in [-0.25, -0.2) is 9.97 Å².